The van der Waals surface area contributed by atoms with Gasteiger partial charge >= 0.3 is 5.97 Å². The Balaban J connectivity index is 1.56. The number of ether oxygens (including phenoxy) is 1. The van der Waals surface area contributed by atoms with Crippen LogP contribution in [0.1, 0.15) is 49.4 Å². The molecule has 2 aromatic carbocycles. The predicted molar refractivity (Wildman–Crippen MR) is 139 cm³/mol. The Hall–Kier alpha value is -3.38. The summed E-state index contributed by atoms with van der Waals surface area (Å²) in [7, 11) is 0. The van der Waals surface area contributed by atoms with E-state index in [1.54, 1.807) is 12.1 Å². The number of nitrogens with zero attached hydrogens (tertiary/aromatic N) is 3. The zero-order valence-electron chi connectivity index (χ0n) is 20.2. The number of benzene rings is 2. The molecule has 1 aliphatic heterocycles. The third-order valence-corrected chi connectivity index (χ3v) is 7.50. The van der Waals surface area contributed by atoms with E-state index in [0.29, 0.717) is 5.92 Å². The molecule has 0 bridgehead atoms. The van der Waals surface area contributed by atoms with Crippen LogP contribution in [0.4, 0.5) is 0 Å². The largest absolute Gasteiger partial charge is 0.478 e. The number of fused-ring (bicyclic) bond motifs is 4. The van der Waals surface area contributed by atoms with E-state index in [1.807, 2.05) is 6.07 Å². The van der Waals surface area contributed by atoms with E-state index in [-0.39, 0.29) is 5.56 Å². The first-order valence-electron chi connectivity index (χ1n) is 12.8. The summed E-state index contributed by atoms with van der Waals surface area (Å²) in [6.07, 6.45) is 10.4. The average molecular weight is 470 g/mol. The van der Waals surface area contributed by atoms with Gasteiger partial charge in [-0.15, -0.1) is 0 Å². The number of hydrogen-bond acceptors (Lipinski definition) is 3. The van der Waals surface area contributed by atoms with Crippen LogP contribution in [0, 0.1) is 5.92 Å². The molecule has 1 fully saturated rings. The number of imidazole rings is 1. The molecule has 0 saturated carbocycles. The van der Waals surface area contributed by atoms with E-state index < -0.39 is 5.97 Å². The number of aromatic nitrogens is 3. The maximum absolute atomic E-state index is 11.6. The van der Waals surface area contributed by atoms with Crippen molar-refractivity contribution < 1.29 is 14.6 Å². The number of hydrogen-bond donors (Lipinski definition) is 1. The first-order valence-corrected chi connectivity index (χ1v) is 12.8. The molecule has 0 radical (unpaired) electrons. The molecular formula is C29H31N3O3. The second-order valence-electron chi connectivity index (χ2n) is 9.75. The van der Waals surface area contributed by atoms with Gasteiger partial charge in [-0.1, -0.05) is 12.2 Å². The van der Waals surface area contributed by atoms with E-state index in [9.17, 15) is 9.90 Å². The first kappa shape index (κ1) is 22.1. The summed E-state index contributed by atoms with van der Waals surface area (Å²) in [6.45, 7) is 5.54. The van der Waals surface area contributed by atoms with Gasteiger partial charge in [-0.2, -0.15) is 0 Å². The number of carbonyl (C=O) groups is 1. The highest BCUT2D eigenvalue weighted by atomic mass is 16.5. The molecule has 180 valence electrons. The van der Waals surface area contributed by atoms with Gasteiger partial charge in [-0.05, 0) is 75.4 Å². The Labute approximate surface area is 204 Å². The second-order valence-corrected chi connectivity index (χ2v) is 9.75. The van der Waals surface area contributed by atoms with Crippen LogP contribution < -0.4 is 10.6 Å². The van der Waals surface area contributed by atoms with Gasteiger partial charge in [0.25, 0.3) is 0 Å². The Bertz CT molecular complexity index is 1550. The molecule has 4 aromatic rings. The molecule has 1 N–H and O–H groups in total. The van der Waals surface area contributed by atoms with Crippen molar-refractivity contribution in [1.82, 2.24) is 14.1 Å². The van der Waals surface area contributed by atoms with Gasteiger partial charge in [-0.25, -0.2) is 9.78 Å². The minimum Gasteiger partial charge on any atom is -0.478 e. The van der Waals surface area contributed by atoms with Crippen molar-refractivity contribution in [2.45, 2.75) is 52.1 Å². The summed E-state index contributed by atoms with van der Waals surface area (Å²) in [6, 6.07) is 11.9. The summed E-state index contributed by atoms with van der Waals surface area (Å²) in [5, 5.41) is 13.4. The normalized spacial score (nSPS) is 18.1. The lowest BCUT2D eigenvalue weighted by atomic mass is 10.0. The zero-order chi connectivity index (χ0) is 23.9. The van der Waals surface area contributed by atoms with Crippen molar-refractivity contribution in [1.29, 1.82) is 0 Å². The van der Waals surface area contributed by atoms with Crippen LogP contribution in [0.25, 0.3) is 45.5 Å². The molecule has 0 unspecified atom stereocenters. The van der Waals surface area contributed by atoms with Gasteiger partial charge in [0.1, 0.15) is 5.82 Å². The third kappa shape index (κ3) is 3.86. The van der Waals surface area contributed by atoms with Crippen LogP contribution in [0.5, 0.6) is 0 Å². The highest BCUT2D eigenvalue weighted by molar-refractivity contribution is 5.94. The van der Waals surface area contributed by atoms with Gasteiger partial charge < -0.3 is 19.0 Å². The van der Waals surface area contributed by atoms with E-state index in [1.165, 1.54) is 27.9 Å². The van der Waals surface area contributed by atoms with Gasteiger partial charge in [0.2, 0.25) is 0 Å². The fraction of sp³-hybridized carbons (Fsp3) is 0.379. The van der Waals surface area contributed by atoms with E-state index >= 15 is 0 Å². The predicted octanol–water partition coefficient (Wildman–Crippen LogP) is 4.55. The van der Waals surface area contributed by atoms with Crippen molar-refractivity contribution in [2.24, 2.45) is 5.92 Å². The maximum atomic E-state index is 11.6. The minimum atomic E-state index is -0.930. The van der Waals surface area contributed by atoms with Crippen molar-refractivity contribution in [3.05, 3.63) is 52.5 Å². The molecule has 35 heavy (non-hydrogen) atoms. The van der Waals surface area contributed by atoms with Crippen molar-refractivity contribution in [3.63, 3.8) is 0 Å². The number of carboxylic acid groups (broad SMARTS) is 1. The molecule has 2 aromatic heterocycles. The highest BCUT2D eigenvalue weighted by Gasteiger charge is 2.21. The van der Waals surface area contributed by atoms with Crippen LogP contribution in [0.3, 0.4) is 0 Å². The molecule has 2 aliphatic rings. The Kier molecular flexibility index (Phi) is 5.69. The molecule has 6 heteroatoms. The van der Waals surface area contributed by atoms with Gasteiger partial charge in [0, 0.05) is 52.6 Å². The van der Waals surface area contributed by atoms with Crippen LogP contribution in [0.15, 0.2) is 36.4 Å². The lowest BCUT2D eigenvalue weighted by Gasteiger charge is -2.23. The fourth-order valence-electron chi connectivity index (χ4n) is 5.80. The average Bonchev–Trinajstić information content (AvgIpc) is 3.26. The molecule has 3 heterocycles. The van der Waals surface area contributed by atoms with Gasteiger partial charge in [0.15, 0.2) is 0 Å². The lowest BCUT2D eigenvalue weighted by Crippen LogP contribution is -2.28. The summed E-state index contributed by atoms with van der Waals surface area (Å²) in [4.78, 5) is 16.6. The monoisotopic (exact) mass is 469 g/mol. The molecule has 1 atom stereocenters. The Morgan fingerprint density at radius 1 is 1.09 bits per heavy atom. The topological polar surface area (TPSA) is 69.3 Å². The van der Waals surface area contributed by atoms with E-state index in [4.69, 9.17) is 9.72 Å². The molecule has 0 amide bonds. The lowest BCUT2D eigenvalue weighted by molar-refractivity contribution is 0.0489. The molecule has 0 spiro atoms. The summed E-state index contributed by atoms with van der Waals surface area (Å²) >= 11 is 0. The zero-order valence-corrected chi connectivity index (χ0v) is 20.2. The van der Waals surface area contributed by atoms with Crippen LogP contribution in [-0.2, 0) is 17.8 Å². The van der Waals surface area contributed by atoms with Crippen LogP contribution >= 0.6 is 0 Å². The number of carboxylic acids is 1. The van der Waals surface area contributed by atoms with E-state index in [0.717, 1.165) is 74.4 Å². The highest BCUT2D eigenvalue weighted by Crippen LogP contribution is 2.30. The molecule has 6 nitrogen and oxygen atoms in total. The quantitative estimate of drug-likeness (QED) is 0.466. The molecule has 1 saturated heterocycles. The SMILES string of the molecule is CCn1c2c(c3cc(-c4nc5cc(C(=O)O)ccc5n4C[C@H]4CCCOC4)ccc31)=CCCCC=2. The number of aryl methyl sites for hydroxylation is 1. The van der Waals surface area contributed by atoms with Crippen molar-refractivity contribution in [2.75, 3.05) is 13.2 Å². The Morgan fingerprint density at radius 2 is 1.94 bits per heavy atom. The third-order valence-electron chi connectivity index (χ3n) is 7.50. The first-order chi connectivity index (χ1) is 17.1. The number of aromatic carboxylic acids is 1. The van der Waals surface area contributed by atoms with Gasteiger partial charge in [-0.3, -0.25) is 0 Å². The summed E-state index contributed by atoms with van der Waals surface area (Å²) in [5.41, 5.74) is 4.28. The van der Waals surface area contributed by atoms with Crippen LogP contribution in [-0.4, -0.2) is 38.4 Å². The van der Waals surface area contributed by atoms with Crippen molar-refractivity contribution >= 4 is 40.1 Å². The standard InChI is InChI=1S/C29H31N3O3/c1-2-31-25-9-5-3-4-8-22(25)23-15-20(10-12-26(23)31)28-30-24-16-21(29(33)34)11-13-27(24)32(28)17-19-7-6-14-35-18-19/h8-13,15-16,19H,2-7,14,17-18H2,1H3,(H,33,34)/t19-/m1/s1. The minimum absolute atomic E-state index is 0.264. The summed E-state index contributed by atoms with van der Waals surface area (Å²) < 4.78 is 10.4. The van der Waals surface area contributed by atoms with Crippen molar-refractivity contribution in [3.8, 4) is 11.4 Å². The maximum Gasteiger partial charge on any atom is 0.335 e. The molecule has 1 aliphatic carbocycles. The summed E-state index contributed by atoms with van der Waals surface area (Å²) in [5.74, 6) is 0.384. The van der Waals surface area contributed by atoms with Gasteiger partial charge in [0.05, 0.1) is 23.2 Å². The molecule has 6 rings (SSSR count). The number of rotatable bonds is 5. The fourth-order valence-corrected chi connectivity index (χ4v) is 5.80. The Morgan fingerprint density at radius 3 is 2.74 bits per heavy atom. The second kappa shape index (κ2) is 9.00. The smallest absolute Gasteiger partial charge is 0.335 e. The van der Waals surface area contributed by atoms with E-state index in [2.05, 4.69) is 46.4 Å². The van der Waals surface area contributed by atoms with Crippen LogP contribution in [0.2, 0.25) is 0 Å². The molecular weight excluding hydrogens is 438 g/mol.